The smallest absolute Gasteiger partial charge is 0.191 e. The van der Waals surface area contributed by atoms with Gasteiger partial charge in [0.2, 0.25) is 0 Å². The molecule has 27 heavy (non-hydrogen) atoms. The first-order valence-corrected chi connectivity index (χ1v) is 10.2. The molecule has 1 saturated heterocycles. The number of nitrogens with zero attached hydrogens (tertiary/aromatic N) is 3. The van der Waals surface area contributed by atoms with Crippen LogP contribution in [0.25, 0.3) is 0 Å². The second kappa shape index (κ2) is 14.2. The molecule has 1 heterocycles. The number of likely N-dealkylation sites (tertiary alicyclic amines) is 1. The van der Waals surface area contributed by atoms with Crippen LogP contribution in [0, 0.1) is 0 Å². The van der Waals surface area contributed by atoms with E-state index in [1.807, 2.05) is 7.05 Å². The Morgan fingerprint density at radius 1 is 1.00 bits per heavy atom. The Kier molecular flexibility index (Phi) is 12.7. The quantitative estimate of drug-likeness (QED) is 0.319. The summed E-state index contributed by atoms with van der Waals surface area (Å²) in [7, 11) is 1.84. The van der Waals surface area contributed by atoms with Gasteiger partial charge in [0, 0.05) is 33.2 Å². The van der Waals surface area contributed by atoms with Gasteiger partial charge in [-0.25, -0.2) is 0 Å². The van der Waals surface area contributed by atoms with Gasteiger partial charge in [0.15, 0.2) is 5.96 Å². The number of aliphatic imine (C=N–C) groups is 1. The topological polar surface area (TPSA) is 42.9 Å². The summed E-state index contributed by atoms with van der Waals surface area (Å²) in [4.78, 5) is 9.31. The van der Waals surface area contributed by atoms with E-state index in [0.717, 1.165) is 45.2 Å². The third-order valence-corrected chi connectivity index (χ3v) is 5.18. The molecule has 0 aromatic heterocycles. The van der Waals surface area contributed by atoms with E-state index in [0.29, 0.717) is 0 Å². The van der Waals surface area contributed by atoms with Crippen LogP contribution in [0.3, 0.4) is 0 Å². The van der Waals surface area contributed by atoms with Gasteiger partial charge in [0.25, 0.3) is 0 Å². The fourth-order valence-corrected chi connectivity index (χ4v) is 3.39. The maximum atomic E-state index is 4.33. The van der Waals surface area contributed by atoms with Crippen molar-refractivity contribution in [3.05, 3.63) is 35.4 Å². The zero-order valence-corrected chi connectivity index (χ0v) is 19.7. The maximum absolute atomic E-state index is 4.33. The molecule has 6 heteroatoms. The number of halogens is 1. The van der Waals surface area contributed by atoms with Crippen molar-refractivity contribution in [1.82, 2.24) is 20.4 Å². The van der Waals surface area contributed by atoms with Crippen molar-refractivity contribution in [3.63, 3.8) is 0 Å². The molecule has 0 unspecified atom stereocenters. The first-order chi connectivity index (χ1) is 12.7. The van der Waals surface area contributed by atoms with Crippen LogP contribution in [0.4, 0.5) is 0 Å². The summed E-state index contributed by atoms with van der Waals surface area (Å²) in [5.41, 5.74) is 2.66. The lowest BCUT2D eigenvalue weighted by Gasteiger charge is -2.26. The summed E-state index contributed by atoms with van der Waals surface area (Å²) in [6.45, 7) is 13.0. The number of hydrogen-bond acceptors (Lipinski definition) is 3. The van der Waals surface area contributed by atoms with E-state index in [-0.39, 0.29) is 24.0 Å². The van der Waals surface area contributed by atoms with Gasteiger partial charge in [-0.15, -0.1) is 24.0 Å². The lowest BCUT2D eigenvalue weighted by molar-refractivity contribution is 0.232. The van der Waals surface area contributed by atoms with Gasteiger partial charge in [0.05, 0.1) is 0 Å². The summed E-state index contributed by atoms with van der Waals surface area (Å²) in [6.07, 6.45) is 4.08. The molecule has 1 aliphatic rings. The lowest BCUT2D eigenvalue weighted by atomic mass is 10.1. The maximum Gasteiger partial charge on any atom is 0.191 e. The van der Waals surface area contributed by atoms with Crippen LogP contribution in [0.2, 0.25) is 0 Å². The minimum atomic E-state index is 0. The molecule has 1 aliphatic heterocycles. The van der Waals surface area contributed by atoms with Gasteiger partial charge >= 0.3 is 0 Å². The normalized spacial score (nSPS) is 15.5. The summed E-state index contributed by atoms with van der Waals surface area (Å²) < 4.78 is 0. The van der Waals surface area contributed by atoms with Gasteiger partial charge < -0.3 is 15.5 Å². The van der Waals surface area contributed by atoms with Crippen LogP contribution in [0.15, 0.2) is 29.3 Å². The van der Waals surface area contributed by atoms with E-state index >= 15 is 0 Å². The molecule has 154 valence electrons. The van der Waals surface area contributed by atoms with Crippen LogP contribution in [-0.4, -0.2) is 62.1 Å². The highest BCUT2D eigenvalue weighted by Crippen LogP contribution is 2.08. The molecule has 0 spiro atoms. The predicted molar refractivity (Wildman–Crippen MR) is 127 cm³/mol. The number of benzene rings is 1. The Morgan fingerprint density at radius 3 is 2.22 bits per heavy atom. The second-order valence-electron chi connectivity index (χ2n) is 7.03. The van der Waals surface area contributed by atoms with Crippen molar-refractivity contribution in [2.45, 2.75) is 46.2 Å². The average Bonchev–Trinajstić information content (AvgIpc) is 2.70. The zero-order valence-electron chi connectivity index (χ0n) is 17.3. The molecular weight excluding hydrogens is 449 g/mol. The van der Waals surface area contributed by atoms with Crippen molar-refractivity contribution >= 4 is 29.9 Å². The number of rotatable bonds is 9. The van der Waals surface area contributed by atoms with Crippen LogP contribution in [-0.2, 0) is 13.1 Å². The van der Waals surface area contributed by atoms with Gasteiger partial charge in [-0.3, -0.25) is 9.89 Å². The molecule has 0 radical (unpaired) electrons. The monoisotopic (exact) mass is 487 g/mol. The average molecular weight is 487 g/mol. The molecule has 5 nitrogen and oxygen atoms in total. The highest BCUT2D eigenvalue weighted by molar-refractivity contribution is 14.0. The number of hydrogen-bond donors (Lipinski definition) is 2. The van der Waals surface area contributed by atoms with Crippen LogP contribution in [0.1, 0.15) is 44.2 Å². The highest BCUT2D eigenvalue weighted by Gasteiger charge is 2.09. The second-order valence-corrected chi connectivity index (χ2v) is 7.03. The van der Waals surface area contributed by atoms with Gasteiger partial charge in [-0.2, -0.15) is 0 Å². The predicted octanol–water partition coefficient (Wildman–Crippen LogP) is 3.30. The minimum Gasteiger partial charge on any atom is -0.355 e. The van der Waals surface area contributed by atoms with E-state index < -0.39 is 0 Å². The molecule has 1 aromatic rings. The molecule has 0 atom stereocenters. The summed E-state index contributed by atoms with van der Waals surface area (Å²) in [6, 6.07) is 8.91. The van der Waals surface area contributed by atoms with E-state index in [1.54, 1.807) is 0 Å². The van der Waals surface area contributed by atoms with Crippen LogP contribution < -0.4 is 10.6 Å². The summed E-state index contributed by atoms with van der Waals surface area (Å²) >= 11 is 0. The number of nitrogens with one attached hydrogen (secondary N) is 2. The fourth-order valence-electron chi connectivity index (χ4n) is 3.39. The fraction of sp³-hybridized carbons (Fsp3) is 0.667. The van der Waals surface area contributed by atoms with Gasteiger partial charge in [0.1, 0.15) is 0 Å². The van der Waals surface area contributed by atoms with Crippen molar-refractivity contribution in [2.24, 2.45) is 4.99 Å². The first-order valence-electron chi connectivity index (χ1n) is 10.2. The molecule has 1 aromatic carbocycles. The first kappa shape index (κ1) is 24.2. The van der Waals surface area contributed by atoms with Crippen molar-refractivity contribution in [2.75, 3.05) is 46.3 Å². The standard InChI is InChI=1S/C21H37N5.HI/c1-4-25(5-2)18-20-11-9-19(10-12-20)17-24-21(22-3)23-13-16-26-14-7-6-8-15-26;/h9-12H,4-8,13-18H2,1-3H3,(H2,22,23,24);1H. The molecule has 2 N–H and O–H groups in total. The van der Waals surface area contributed by atoms with E-state index in [4.69, 9.17) is 0 Å². The molecule has 0 saturated carbocycles. The third kappa shape index (κ3) is 9.25. The lowest BCUT2D eigenvalue weighted by Crippen LogP contribution is -2.42. The summed E-state index contributed by atoms with van der Waals surface area (Å²) in [5, 5.41) is 6.85. The Hall–Kier alpha value is -0.860. The highest BCUT2D eigenvalue weighted by atomic mass is 127. The summed E-state index contributed by atoms with van der Waals surface area (Å²) in [5.74, 6) is 0.884. The van der Waals surface area contributed by atoms with E-state index in [2.05, 4.69) is 63.5 Å². The van der Waals surface area contributed by atoms with Crippen molar-refractivity contribution in [1.29, 1.82) is 0 Å². The number of piperidine rings is 1. The largest absolute Gasteiger partial charge is 0.355 e. The van der Waals surface area contributed by atoms with Crippen molar-refractivity contribution in [3.8, 4) is 0 Å². The minimum absolute atomic E-state index is 0. The van der Waals surface area contributed by atoms with Crippen molar-refractivity contribution < 1.29 is 0 Å². The number of guanidine groups is 1. The molecular formula is C21H38IN5. The van der Waals surface area contributed by atoms with Gasteiger partial charge in [-0.05, 0) is 50.1 Å². The van der Waals surface area contributed by atoms with E-state index in [1.165, 1.54) is 43.5 Å². The molecule has 0 amide bonds. The Bertz CT molecular complexity index is 522. The SMILES string of the molecule is CCN(CC)Cc1ccc(CNC(=NC)NCCN2CCCCC2)cc1.I. The molecule has 0 bridgehead atoms. The molecule has 2 rings (SSSR count). The zero-order chi connectivity index (χ0) is 18.6. The van der Waals surface area contributed by atoms with Crippen LogP contribution in [0.5, 0.6) is 0 Å². The van der Waals surface area contributed by atoms with Gasteiger partial charge in [-0.1, -0.05) is 44.5 Å². The Balaban J connectivity index is 0.00000364. The molecule has 1 fully saturated rings. The third-order valence-electron chi connectivity index (χ3n) is 5.18. The Labute approximate surface area is 183 Å². The Morgan fingerprint density at radius 2 is 1.63 bits per heavy atom. The van der Waals surface area contributed by atoms with E-state index in [9.17, 15) is 0 Å². The van der Waals surface area contributed by atoms with Crippen LogP contribution >= 0.6 is 24.0 Å². The molecule has 0 aliphatic carbocycles.